The smallest absolute Gasteiger partial charge is 0.272 e. The van der Waals surface area contributed by atoms with Crippen molar-refractivity contribution in [1.29, 1.82) is 0 Å². The number of rotatable bonds is 6. The highest BCUT2D eigenvalue weighted by Crippen LogP contribution is 2.22. The van der Waals surface area contributed by atoms with Gasteiger partial charge in [0, 0.05) is 24.9 Å². The number of pyridine rings is 1. The number of fused-ring (bicyclic) bond motifs is 1. The summed E-state index contributed by atoms with van der Waals surface area (Å²) in [6, 6.07) is 18.5. The largest absolute Gasteiger partial charge is 0.370 e. The predicted octanol–water partition coefficient (Wildman–Crippen LogP) is 3.41. The molecular formula is C20H18ClN3O2. The van der Waals surface area contributed by atoms with Crippen LogP contribution in [0.3, 0.4) is 0 Å². The molecule has 3 aromatic rings. The van der Waals surface area contributed by atoms with Crippen LogP contribution in [0.1, 0.15) is 22.5 Å². The fourth-order valence-electron chi connectivity index (χ4n) is 2.69. The standard InChI is InChI=1S/C20H18ClN3O2/c21-16-8-4-7-15-9-10-17(23-19(15)16)20(26)24(12-11-18(22)25)13-14-5-2-1-3-6-14/h1-10H,11-13H2,(H2,22,25). The lowest BCUT2D eigenvalue weighted by Crippen LogP contribution is -2.34. The Labute approximate surface area is 156 Å². The minimum absolute atomic E-state index is 0.0902. The van der Waals surface area contributed by atoms with Gasteiger partial charge in [-0.25, -0.2) is 4.98 Å². The van der Waals surface area contributed by atoms with Gasteiger partial charge in [-0.05, 0) is 17.7 Å². The first-order valence-electron chi connectivity index (χ1n) is 8.21. The quantitative estimate of drug-likeness (QED) is 0.725. The number of carbonyl (C=O) groups excluding carboxylic acids is 2. The number of carbonyl (C=O) groups is 2. The van der Waals surface area contributed by atoms with Gasteiger partial charge in [-0.15, -0.1) is 0 Å². The fraction of sp³-hybridized carbons (Fsp3) is 0.150. The van der Waals surface area contributed by atoms with Crippen molar-refractivity contribution in [3.8, 4) is 0 Å². The molecule has 2 aromatic carbocycles. The molecule has 0 saturated heterocycles. The van der Waals surface area contributed by atoms with E-state index in [9.17, 15) is 9.59 Å². The molecule has 0 aliphatic heterocycles. The third-order valence-electron chi connectivity index (χ3n) is 4.02. The van der Waals surface area contributed by atoms with Crippen LogP contribution in [0, 0.1) is 0 Å². The van der Waals surface area contributed by atoms with Gasteiger partial charge in [0.05, 0.1) is 10.5 Å². The number of halogens is 1. The molecule has 0 saturated carbocycles. The van der Waals surface area contributed by atoms with Gasteiger partial charge in [0.1, 0.15) is 5.69 Å². The second kappa shape index (κ2) is 7.97. The summed E-state index contributed by atoms with van der Waals surface area (Å²) in [7, 11) is 0. The lowest BCUT2D eigenvalue weighted by atomic mass is 10.1. The molecule has 0 unspecified atom stereocenters. The Morgan fingerprint density at radius 1 is 1.00 bits per heavy atom. The Hall–Kier alpha value is -2.92. The number of nitrogens with zero attached hydrogens (tertiary/aromatic N) is 2. The summed E-state index contributed by atoms with van der Waals surface area (Å²) in [5.74, 6) is -0.720. The van der Waals surface area contributed by atoms with Crippen LogP contribution in [0.15, 0.2) is 60.7 Å². The molecule has 0 spiro atoms. The van der Waals surface area contributed by atoms with Gasteiger partial charge in [-0.3, -0.25) is 9.59 Å². The van der Waals surface area contributed by atoms with Crippen LogP contribution in [-0.4, -0.2) is 28.2 Å². The molecule has 3 rings (SSSR count). The Bertz CT molecular complexity index is 944. The Morgan fingerprint density at radius 3 is 2.50 bits per heavy atom. The summed E-state index contributed by atoms with van der Waals surface area (Å²) >= 11 is 6.20. The van der Waals surface area contributed by atoms with Crippen LogP contribution in [0.2, 0.25) is 5.02 Å². The van der Waals surface area contributed by atoms with Gasteiger partial charge in [-0.1, -0.05) is 60.1 Å². The SMILES string of the molecule is NC(=O)CCN(Cc1ccccc1)C(=O)c1ccc2cccc(Cl)c2n1. The average molecular weight is 368 g/mol. The number of primary amides is 1. The highest BCUT2D eigenvalue weighted by atomic mass is 35.5. The Morgan fingerprint density at radius 2 is 1.77 bits per heavy atom. The van der Waals surface area contributed by atoms with Gasteiger partial charge in [-0.2, -0.15) is 0 Å². The number of para-hydroxylation sites is 1. The monoisotopic (exact) mass is 367 g/mol. The summed E-state index contributed by atoms with van der Waals surface area (Å²) < 4.78 is 0. The van der Waals surface area contributed by atoms with Gasteiger partial charge in [0.15, 0.2) is 0 Å². The van der Waals surface area contributed by atoms with Crippen molar-refractivity contribution in [1.82, 2.24) is 9.88 Å². The van der Waals surface area contributed by atoms with Crippen molar-refractivity contribution in [3.63, 3.8) is 0 Å². The van der Waals surface area contributed by atoms with E-state index in [2.05, 4.69) is 4.98 Å². The van der Waals surface area contributed by atoms with Crippen molar-refractivity contribution in [3.05, 3.63) is 76.9 Å². The molecule has 0 bridgehead atoms. The van der Waals surface area contributed by atoms with Crippen LogP contribution < -0.4 is 5.73 Å². The number of hydrogen-bond acceptors (Lipinski definition) is 3. The number of aromatic nitrogens is 1. The predicted molar refractivity (Wildman–Crippen MR) is 102 cm³/mol. The van der Waals surface area contributed by atoms with E-state index >= 15 is 0 Å². The van der Waals surface area contributed by atoms with E-state index in [1.165, 1.54) is 0 Å². The molecule has 0 aliphatic rings. The zero-order chi connectivity index (χ0) is 18.5. The summed E-state index contributed by atoms with van der Waals surface area (Å²) in [6.45, 7) is 0.598. The molecule has 1 aromatic heterocycles. The van der Waals surface area contributed by atoms with Crippen LogP contribution in [-0.2, 0) is 11.3 Å². The van der Waals surface area contributed by atoms with Gasteiger partial charge in [0.2, 0.25) is 5.91 Å². The van der Waals surface area contributed by atoms with Crippen LogP contribution in [0.4, 0.5) is 0 Å². The van der Waals surface area contributed by atoms with E-state index in [0.29, 0.717) is 17.1 Å². The molecule has 0 radical (unpaired) electrons. The number of benzene rings is 2. The topological polar surface area (TPSA) is 76.3 Å². The normalized spacial score (nSPS) is 10.7. The highest BCUT2D eigenvalue weighted by Gasteiger charge is 2.19. The molecule has 0 aliphatic carbocycles. The molecule has 5 nitrogen and oxygen atoms in total. The van der Waals surface area contributed by atoms with Crippen molar-refractivity contribution in [2.75, 3.05) is 6.54 Å². The summed E-state index contributed by atoms with van der Waals surface area (Å²) in [6.07, 6.45) is 0.0902. The maximum atomic E-state index is 13.0. The van der Waals surface area contributed by atoms with Crippen molar-refractivity contribution < 1.29 is 9.59 Å². The van der Waals surface area contributed by atoms with Crippen molar-refractivity contribution in [2.45, 2.75) is 13.0 Å². The van der Waals surface area contributed by atoms with Gasteiger partial charge in [0.25, 0.3) is 5.91 Å². The molecule has 0 fully saturated rings. The van der Waals surface area contributed by atoms with Crippen LogP contribution in [0.5, 0.6) is 0 Å². The second-order valence-electron chi connectivity index (χ2n) is 5.94. The molecule has 6 heteroatoms. The van der Waals surface area contributed by atoms with Crippen LogP contribution in [0.25, 0.3) is 10.9 Å². The molecule has 2 N–H and O–H groups in total. The van der Waals surface area contributed by atoms with E-state index in [0.717, 1.165) is 10.9 Å². The maximum Gasteiger partial charge on any atom is 0.272 e. The number of hydrogen-bond donors (Lipinski definition) is 1. The first-order valence-corrected chi connectivity index (χ1v) is 8.59. The van der Waals surface area contributed by atoms with E-state index in [4.69, 9.17) is 17.3 Å². The van der Waals surface area contributed by atoms with E-state index in [-0.39, 0.29) is 24.6 Å². The molecule has 2 amide bonds. The van der Waals surface area contributed by atoms with E-state index in [1.807, 2.05) is 48.5 Å². The zero-order valence-corrected chi connectivity index (χ0v) is 14.8. The lowest BCUT2D eigenvalue weighted by Gasteiger charge is -2.22. The Balaban J connectivity index is 1.90. The van der Waals surface area contributed by atoms with E-state index < -0.39 is 5.91 Å². The zero-order valence-electron chi connectivity index (χ0n) is 14.1. The first-order chi connectivity index (χ1) is 12.5. The summed E-state index contributed by atoms with van der Waals surface area (Å²) in [5, 5.41) is 1.35. The third-order valence-corrected chi connectivity index (χ3v) is 4.33. The number of nitrogens with two attached hydrogens (primary N) is 1. The first kappa shape index (κ1) is 17.9. The average Bonchev–Trinajstić information content (AvgIpc) is 2.65. The summed E-state index contributed by atoms with van der Waals surface area (Å²) in [5.41, 5.74) is 7.08. The minimum atomic E-state index is -0.453. The molecule has 132 valence electrons. The highest BCUT2D eigenvalue weighted by molar-refractivity contribution is 6.35. The third kappa shape index (κ3) is 4.18. The summed E-state index contributed by atoms with van der Waals surface area (Å²) in [4.78, 5) is 30.2. The second-order valence-corrected chi connectivity index (χ2v) is 6.34. The number of amides is 2. The van der Waals surface area contributed by atoms with E-state index in [1.54, 1.807) is 17.0 Å². The molecule has 26 heavy (non-hydrogen) atoms. The Kier molecular flexibility index (Phi) is 5.49. The lowest BCUT2D eigenvalue weighted by molar-refractivity contribution is -0.118. The fourth-order valence-corrected chi connectivity index (χ4v) is 2.92. The maximum absolute atomic E-state index is 13.0. The molecular weight excluding hydrogens is 350 g/mol. The van der Waals surface area contributed by atoms with Crippen LogP contribution >= 0.6 is 11.6 Å². The molecule has 0 atom stereocenters. The van der Waals surface area contributed by atoms with Gasteiger partial charge >= 0.3 is 0 Å². The molecule has 1 heterocycles. The van der Waals surface area contributed by atoms with Gasteiger partial charge < -0.3 is 10.6 Å². The minimum Gasteiger partial charge on any atom is -0.370 e. The van der Waals surface area contributed by atoms with Crippen molar-refractivity contribution >= 4 is 34.3 Å². The van der Waals surface area contributed by atoms with Crippen molar-refractivity contribution in [2.24, 2.45) is 5.73 Å².